The number of nitrogens with one attached hydrogen (secondary N) is 2. The SMILES string of the molecule is COc1ccc(NC(=O)N2CCCC2C(=O)Nc2ccc(Cl)cc2)cc1. The van der Waals surface area contributed by atoms with Gasteiger partial charge in [-0.15, -0.1) is 0 Å². The van der Waals surface area contributed by atoms with Crippen LogP contribution in [0, 0.1) is 0 Å². The van der Waals surface area contributed by atoms with Crippen LogP contribution in [-0.4, -0.2) is 36.5 Å². The van der Waals surface area contributed by atoms with Crippen molar-refractivity contribution in [3.8, 4) is 5.75 Å². The molecule has 0 spiro atoms. The van der Waals surface area contributed by atoms with Gasteiger partial charge in [-0.2, -0.15) is 0 Å². The summed E-state index contributed by atoms with van der Waals surface area (Å²) in [5.74, 6) is 0.513. The number of amides is 3. The molecule has 3 amide bonds. The van der Waals surface area contributed by atoms with E-state index in [1.54, 1.807) is 60.5 Å². The molecule has 26 heavy (non-hydrogen) atoms. The van der Waals surface area contributed by atoms with Crippen molar-refractivity contribution in [2.75, 3.05) is 24.3 Å². The van der Waals surface area contributed by atoms with Crippen molar-refractivity contribution in [2.24, 2.45) is 0 Å². The molecule has 0 aliphatic carbocycles. The summed E-state index contributed by atoms with van der Waals surface area (Å²) in [6.45, 7) is 0.542. The third kappa shape index (κ3) is 4.26. The Morgan fingerprint density at radius 2 is 1.65 bits per heavy atom. The number of carbonyl (C=O) groups is 2. The van der Waals surface area contributed by atoms with Crippen LogP contribution in [0.25, 0.3) is 0 Å². The van der Waals surface area contributed by atoms with E-state index in [1.807, 2.05) is 0 Å². The predicted octanol–water partition coefficient (Wildman–Crippen LogP) is 3.98. The Morgan fingerprint density at radius 3 is 2.31 bits per heavy atom. The number of rotatable bonds is 4. The number of anilines is 2. The zero-order chi connectivity index (χ0) is 18.5. The number of urea groups is 1. The summed E-state index contributed by atoms with van der Waals surface area (Å²) >= 11 is 5.85. The van der Waals surface area contributed by atoms with Gasteiger partial charge in [-0.1, -0.05) is 11.6 Å². The van der Waals surface area contributed by atoms with E-state index in [9.17, 15) is 9.59 Å². The van der Waals surface area contributed by atoms with Crippen molar-refractivity contribution < 1.29 is 14.3 Å². The van der Waals surface area contributed by atoms with Gasteiger partial charge >= 0.3 is 6.03 Å². The second kappa shape index (κ2) is 8.10. The van der Waals surface area contributed by atoms with E-state index in [2.05, 4.69) is 10.6 Å². The molecule has 0 aromatic heterocycles. The lowest BCUT2D eigenvalue weighted by Crippen LogP contribution is -2.45. The average molecular weight is 374 g/mol. The van der Waals surface area contributed by atoms with Crippen molar-refractivity contribution in [3.05, 3.63) is 53.6 Å². The highest BCUT2D eigenvalue weighted by Crippen LogP contribution is 2.22. The molecule has 1 heterocycles. The zero-order valence-electron chi connectivity index (χ0n) is 14.4. The van der Waals surface area contributed by atoms with Gasteiger partial charge in [0.1, 0.15) is 11.8 Å². The Morgan fingerprint density at radius 1 is 1.04 bits per heavy atom. The number of benzene rings is 2. The minimum absolute atomic E-state index is 0.199. The lowest BCUT2D eigenvalue weighted by Gasteiger charge is -2.24. The topological polar surface area (TPSA) is 70.7 Å². The van der Waals surface area contributed by atoms with Crippen LogP contribution < -0.4 is 15.4 Å². The molecule has 0 bridgehead atoms. The highest BCUT2D eigenvalue weighted by Gasteiger charge is 2.34. The second-order valence-electron chi connectivity index (χ2n) is 6.01. The van der Waals surface area contributed by atoms with E-state index < -0.39 is 6.04 Å². The molecule has 7 heteroatoms. The van der Waals surface area contributed by atoms with Crippen LogP contribution in [0.3, 0.4) is 0 Å². The van der Waals surface area contributed by atoms with Crippen LogP contribution in [0.15, 0.2) is 48.5 Å². The summed E-state index contributed by atoms with van der Waals surface area (Å²) in [4.78, 5) is 26.7. The van der Waals surface area contributed by atoms with E-state index in [-0.39, 0.29) is 11.9 Å². The fourth-order valence-corrected chi connectivity index (χ4v) is 3.04. The van der Waals surface area contributed by atoms with E-state index >= 15 is 0 Å². The van der Waals surface area contributed by atoms with Gasteiger partial charge in [0.05, 0.1) is 7.11 Å². The quantitative estimate of drug-likeness (QED) is 0.851. The normalized spacial score (nSPS) is 16.2. The van der Waals surface area contributed by atoms with Crippen molar-refractivity contribution in [1.29, 1.82) is 0 Å². The van der Waals surface area contributed by atoms with Gasteiger partial charge in [-0.3, -0.25) is 4.79 Å². The Labute approximate surface area is 157 Å². The zero-order valence-corrected chi connectivity index (χ0v) is 15.1. The number of hydrogen-bond donors (Lipinski definition) is 2. The summed E-state index contributed by atoms with van der Waals surface area (Å²) in [5, 5.41) is 6.27. The number of halogens is 1. The third-order valence-electron chi connectivity index (χ3n) is 4.27. The van der Waals surface area contributed by atoms with Gasteiger partial charge in [0.2, 0.25) is 5.91 Å². The Kier molecular flexibility index (Phi) is 5.63. The van der Waals surface area contributed by atoms with Gasteiger partial charge in [0, 0.05) is 22.9 Å². The molecular weight excluding hydrogens is 354 g/mol. The number of methoxy groups -OCH3 is 1. The molecule has 6 nitrogen and oxygen atoms in total. The van der Waals surface area contributed by atoms with Crippen molar-refractivity contribution in [1.82, 2.24) is 4.90 Å². The molecular formula is C19H20ClN3O3. The molecule has 1 aliphatic rings. The van der Waals surface area contributed by atoms with Crippen molar-refractivity contribution in [2.45, 2.75) is 18.9 Å². The summed E-state index contributed by atoms with van der Waals surface area (Å²) in [5.41, 5.74) is 1.31. The first kappa shape index (κ1) is 18.1. The van der Waals surface area contributed by atoms with Crippen LogP contribution in [-0.2, 0) is 4.79 Å². The van der Waals surface area contributed by atoms with Gasteiger partial charge in [0.15, 0.2) is 0 Å². The van der Waals surface area contributed by atoms with E-state index in [0.29, 0.717) is 35.1 Å². The third-order valence-corrected chi connectivity index (χ3v) is 4.52. The molecule has 0 radical (unpaired) electrons. The maximum Gasteiger partial charge on any atom is 0.322 e. The Hall–Kier alpha value is -2.73. The van der Waals surface area contributed by atoms with Crippen molar-refractivity contribution >= 4 is 34.9 Å². The number of nitrogens with zero attached hydrogens (tertiary/aromatic N) is 1. The van der Waals surface area contributed by atoms with Crippen LogP contribution in [0.5, 0.6) is 5.75 Å². The number of hydrogen-bond acceptors (Lipinski definition) is 3. The Balaban J connectivity index is 1.63. The first-order chi connectivity index (χ1) is 12.6. The number of ether oxygens (including phenoxy) is 1. The predicted molar refractivity (Wildman–Crippen MR) is 102 cm³/mol. The van der Waals surface area contributed by atoms with Crippen LogP contribution in [0.4, 0.5) is 16.2 Å². The van der Waals surface area contributed by atoms with E-state index in [1.165, 1.54) is 0 Å². The lowest BCUT2D eigenvalue weighted by atomic mass is 10.2. The summed E-state index contributed by atoms with van der Waals surface area (Å²) in [7, 11) is 1.59. The average Bonchev–Trinajstić information content (AvgIpc) is 3.14. The summed E-state index contributed by atoms with van der Waals surface area (Å²) in [6, 6.07) is 13.2. The molecule has 1 saturated heterocycles. The van der Waals surface area contributed by atoms with Gasteiger partial charge in [-0.05, 0) is 61.4 Å². The molecule has 2 aromatic carbocycles. The summed E-state index contributed by atoms with van der Waals surface area (Å²) in [6.07, 6.45) is 1.42. The largest absolute Gasteiger partial charge is 0.497 e. The molecule has 1 aliphatic heterocycles. The highest BCUT2D eigenvalue weighted by molar-refractivity contribution is 6.30. The number of likely N-dealkylation sites (tertiary alicyclic amines) is 1. The molecule has 1 fully saturated rings. The number of carbonyl (C=O) groups excluding carboxylic acids is 2. The van der Waals surface area contributed by atoms with E-state index in [0.717, 1.165) is 6.42 Å². The molecule has 0 saturated carbocycles. The van der Waals surface area contributed by atoms with Crippen molar-refractivity contribution in [3.63, 3.8) is 0 Å². The van der Waals surface area contributed by atoms with Gasteiger partial charge < -0.3 is 20.3 Å². The maximum absolute atomic E-state index is 12.6. The minimum Gasteiger partial charge on any atom is -0.497 e. The molecule has 1 atom stereocenters. The fraction of sp³-hybridized carbons (Fsp3) is 0.263. The van der Waals surface area contributed by atoms with Crippen LogP contribution in [0.1, 0.15) is 12.8 Å². The van der Waals surface area contributed by atoms with E-state index in [4.69, 9.17) is 16.3 Å². The smallest absolute Gasteiger partial charge is 0.322 e. The molecule has 136 valence electrons. The van der Waals surface area contributed by atoms with Crippen LogP contribution in [0.2, 0.25) is 5.02 Å². The monoisotopic (exact) mass is 373 g/mol. The van der Waals surface area contributed by atoms with Gasteiger partial charge in [0.25, 0.3) is 0 Å². The highest BCUT2D eigenvalue weighted by atomic mass is 35.5. The maximum atomic E-state index is 12.6. The minimum atomic E-state index is -0.496. The fourth-order valence-electron chi connectivity index (χ4n) is 2.91. The molecule has 3 rings (SSSR count). The standard InChI is InChI=1S/C19H20ClN3O3/c1-26-16-10-8-15(9-11-16)22-19(25)23-12-2-3-17(23)18(24)21-14-6-4-13(20)5-7-14/h4-11,17H,2-3,12H2,1H3,(H,21,24)(H,22,25). The molecule has 2 N–H and O–H groups in total. The van der Waals surface area contributed by atoms with Gasteiger partial charge in [-0.25, -0.2) is 4.79 Å². The first-order valence-electron chi connectivity index (χ1n) is 8.35. The Bertz CT molecular complexity index is 778. The molecule has 2 aromatic rings. The molecule has 1 unspecified atom stereocenters. The lowest BCUT2D eigenvalue weighted by molar-refractivity contribution is -0.119. The first-order valence-corrected chi connectivity index (χ1v) is 8.73. The summed E-state index contributed by atoms with van der Waals surface area (Å²) < 4.78 is 5.10. The van der Waals surface area contributed by atoms with Crippen LogP contribution >= 0.6 is 11.6 Å². The second-order valence-corrected chi connectivity index (χ2v) is 6.44.